The highest BCUT2D eigenvalue weighted by atomic mass is 79.9. The predicted octanol–water partition coefficient (Wildman–Crippen LogP) is 0.713. The van der Waals surface area contributed by atoms with Crippen LogP contribution < -0.4 is 5.32 Å². The van der Waals surface area contributed by atoms with Gasteiger partial charge in [0.25, 0.3) is 5.91 Å². The zero-order valence-electron chi connectivity index (χ0n) is 9.14. The molecule has 0 aliphatic rings. The average Bonchev–Trinajstić information content (AvgIpc) is 2.35. The summed E-state index contributed by atoms with van der Waals surface area (Å²) in [4.78, 5) is 22.9. The van der Waals surface area contributed by atoms with E-state index >= 15 is 0 Å². The Morgan fingerprint density at radius 3 is 2.47 bits per heavy atom. The summed E-state index contributed by atoms with van der Waals surface area (Å²) < 4.78 is 5.29. The van der Waals surface area contributed by atoms with E-state index in [2.05, 4.69) is 26.0 Å². The zero-order valence-corrected chi connectivity index (χ0v) is 10.7. The molecule has 0 aliphatic heterocycles. The van der Waals surface area contributed by atoms with Gasteiger partial charge in [-0.3, -0.25) is 4.79 Å². The fraction of sp³-hybridized carbons (Fsp3) is 0.273. The van der Waals surface area contributed by atoms with Crippen molar-refractivity contribution in [3.05, 3.63) is 34.3 Å². The monoisotopic (exact) mass is 301 g/mol. The van der Waals surface area contributed by atoms with E-state index < -0.39 is 24.5 Å². The normalized spacial score (nSPS) is 11.7. The molecule has 1 aromatic rings. The smallest absolute Gasteiger partial charge is 0.330 e. The Kier molecular flexibility index (Phi) is 5.11. The van der Waals surface area contributed by atoms with Crippen molar-refractivity contribution in [2.24, 2.45) is 0 Å². The molecular weight excluding hydrogens is 290 g/mol. The Bertz CT molecular complexity index is 404. The van der Waals surface area contributed by atoms with Gasteiger partial charge in [0.05, 0.1) is 13.7 Å². The molecule has 0 saturated heterocycles. The van der Waals surface area contributed by atoms with Crippen molar-refractivity contribution in [3.63, 3.8) is 0 Å². The van der Waals surface area contributed by atoms with Gasteiger partial charge in [-0.05, 0) is 24.3 Å². The molecule has 17 heavy (non-hydrogen) atoms. The molecule has 2 N–H and O–H groups in total. The first kappa shape index (κ1) is 13.7. The third kappa shape index (κ3) is 3.83. The van der Waals surface area contributed by atoms with Crippen molar-refractivity contribution in [1.82, 2.24) is 5.32 Å². The molecule has 0 bridgehead atoms. The SMILES string of the molecule is COC(=O)[C@H](CO)NC(=O)c1ccc(Br)cc1. The highest BCUT2D eigenvalue weighted by Crippen LogP contribution is 2.10. The van der Waals surface area contributed by atoms with E-state index in [9.17, 15) is 9.59 Å². The number of methoxy groups -OCH3 is 1. The molecule has 0 heterocycles. The lowest BCUT2D eigenvalue weighted by Gasteiger charge is -2.13. The number of ether oxygens (including phenoxy) is 1. The molecule has 0 saturated carbocycles. The Labute approximate surface area is 107 Å². The van der Waals surface area contributed by atoms with Gasteiger partial charge in [0.15, 0.2) is 6.04 Å². The topological polar surface area (TPSA) is 75.6 Å². The molecule has 1 rings (SSSR count). The first-order chi connectivity index (χ1) is 8.08. The number of hydrogen-bond donors (Lipinski definition) is 2. The maximum absolute atomic E-state index is 11.7. The Morgan fingerprint density at radius 1 is 1.41 bits per heavy atom. The molecule has 92 valence electrons. The molecule has 1 aromatic carbocycles. The van der Waals surface area contributed by atoms with Gasteiger partial charge in [-0.15, -0.1) is 0 Å². The summed E-state index contributed by atoms with van der Waals surface area (Å²) in [6.45, 7) is -0.505. The number of rotatable bonds is 4. The fourth-order valence-electron chi connectivity index (χ4n) is 1.16. The summed E-state index contributed by atoms with van der Waals surface area (Å²) in [7, 11) is 1.19. The lowest BCUT2D eigenvalue weighted by atomic mass is 10.2. The number of esters is 1. The number of hydrogen-bond acceptors (Lipinski definition) is 4. The summed E-state index contributed by atoms with van der Waals surface area (Å²) in [5.74, 6) is -1.13. The van der Waals surface area contributed by atoms with E-state index in [-0.39, 0.29) is 0 Å². The van der Waals surface area contributed by atoms with Gasteiger partial charge in [-0.25, -0.2) is 4.79 Å². The first-order valence-electron chi connectivity index (χ1n) is 4.83. The molecule has 1 amide bonds. The van der Waals surface area contributed by atoms with Gasteiger partial charge in [0.2, 0.25) is 0 Å². The third-order valence-corrected chi connectivity index (χ3v) is 2.61. The lowest BCUT2D eigenvalue weighted by molar-refractivity contribution is -0.143. The van der Waals surface area contributed by atoms with Crippen LogP contribution in [0.1, 0.15) is 10.4 Å². The quantitative estimate of drug-likeness (QED) is 0.803. The van der Waals surface area contributed by atoms with E-state index in [1.165, 1.54) is 7.11 Å². The van der Waals surface area contributed by atoms with Crippen LogP contribution in [0.2, 0.25) is 0 Å². The van der Waals surface area contributed by atoms with Gasteiger partial charge in [0, 0.05) is 10.0 Å². The molecule has 5 nitrogen and oxygen atoms in total. The van der Waals surface area contributed by atoms with Crippen LogP contribution in [0.15, 0.2) is 28.7 Å². The zero-order chi connectivity index (χ0) is 12.8. The van der Waals surface area contributed by atoms with Crippen molar-refractivity contribution in [3.8, 4) is 0 Å². The number of benzene rings is 1. The number of amides is 1. The van der Waals surface area contributed by atoms with Crippen LogP contribution in [-0.4, -0.2) is 36.7 Å². The molecular formula is C11H12BrNO4. The summed E-state index contributed by atoms with van der Waals surface area (Å²) in [5.41, 5.74) is 0.399. The number of aliphatic hydroxyl groups excluding tert-OH is 1. The minimum atomic E-state index is -1.05. The van der Waals surface area contributed by atoms with E-state index in [4.69, 9.17) is 5.11 Å². The Balaban J connectivity index is 2.71. The van der Waals surface area contributed by atoms with Crippen LogP contribution in [0.3, 0.4) is 0 Å². The van der Waals surface area contributed by atoms with Gasteiger partial charge in [-0.2, -0.15) is 0 Å². The number of carbonyl (C=O) groups excluding carboxylic acids is 2. The second-order valence-corrected chi connectivity index (χ2v) is 4.15. The first-order valence-corrected chi connectivity index (χ1v) is 5.63. The number of halogens is 1. The van der Waals surface area contributed by atoms with Crippen molar-refractivity contribution in [1.29, 1.82) is 0 Å². The van der Waals surface area contributed by atoms with Crippen LogP contribution in [-0.2, 0) is 9.53 Å². The molecule has 0 unspecified atom stereocenters. The number of nitrogens with one attached hydrogen (secondary N) is 1. The fourth-order valence-corrected chi connectivity index (χ4v) is 1.43. The van der Waals surface area contributed by atoms with E-state index in [0.717, 1.165) is 4.47 Å². The van der Waals surface area contributed by atoms with Crippen LogP contribution in [0.5, 0.6) is 0 Å². The van der Waals surface area contributed by atoms with Gasteiger partial charge in [-0.1, -0.05) is 15.9 Å². The highest BCUT2D eigenvalue weighted by molar-refractivity contribution is 9.10. The molecule has 0 radical (unpaired) electrons. The van der Waals surface area contributed by atoms with Gasteiger partial charge in [0.1, 0.15) is 0 Å². The minimum absolute atomic E-state index is 0.399. The second-order valence-electron chi connectivity index (χ2n) is 3.24. The third-order valence-electron chi connectivity index (χ3n) is 2.08. The summed E-state index contributed by atoms with van der Waals surface area (Å²) in [5, 5.41) is 11.3. The molecule has 6 heteroatoms. The van der Waals surface area contributed by atoms with Crippen LogP contribution >= 0.6 is 15.9 Å². The van der Waals surface area contributed by atoms with Crippen molar-refractivity contribution >= 4 is 27.8 Å². The predicted molar refractivity (Wildman–Crippen MR) is 64.5 cm³/mol. The largest absolute Gasteiger partial charge is 0.467 e. The lowest BCUT2D eigenvalue weighted by Crippen LogP contribution is -2.44. The second kappa shape index (κ2) is 6.36. The Hall–Kier alpha value is -1.40. The van der Waals surface area contributed by atoms with Crippen LogP contribution in [0.25, 0.3) is 0 Å². The number of aliphatic hydroxyl groups is 1. The Morgan fingerprint density at radius 2 is 2.00 bits per heavy atom. The van der Waals surface area contributed by atoms with Crippen LogP contribution in [0, 0.1) is 0 Å². The molecule has 0 aliphatic carbocycles. The van der Waals surface area contributed by atoms with Crippen LogP contribution in [0.4, 0.5) is 0 Å². The van der Waals surface area contributed by atoms with E-state index in [1.54, 1.807) is 24.3 Å². The van der Waals surface area contributed by atoms with Crippen molar-refractivity contribution < 1.29 is 19.4 Å². The summed E-state index contributed by atoms with van der Waals surface area (Å²) in [6.07, 6.45) is 0. The van der Waals surface area contributed by atoms with E-state index in [1.807, 2.05) is 0 Å². The number of carbonyl (C=O) groups is 2. The molecule has 1 atom stereocenters. The summed E-state index contributed by atoms with van der Waals surface area (Å²) >= 11 is 3.25. The maximum atomic E-state index is 11.7. The standard InChI is InChI=1S/C11H12BrNO4/c1-17-11(16)9(6-14)13-10(15)7-2-4-8(12)5-3-7/h2-5,9,14H,6H2,1H3,(H,13,15)/t9-/m0/s1. The van der Waals surface area contributed by atoms with Crippen molar-refractivity contribution in [2.75, 3.05) is 13.7 Å². The highest BCUT2D eigenvalue weighted by Gasteiger charge is 2.20. The van der Waals surface area contributed by atoms with Gasteiger partial charge >= 0.3 is 5.97 Å². The summed E-state index contributed by atoms with van der Waals surface area (Å²) in [6, 6.07) is 5.58. The molecule has 0 fully saturated rings. The average molecular weight is 302 g/mol. The van der Waals surface area contributed by atoms with E-state index in [0.29, 0.717) is 5.56 Å². The molecule has 0 aromatic heterocycles. The molecule has 0 spiro atoms. The maximum Gasteiger partial charge on any atom is 0.330 e. The van der Waals surface area contributed by atoms with Crippen molar-refractivity contribution in [2.45, 2.75) is 6.04 Å². The van der Waals surface area contributed by atoms with Gasteiger partial charge < -0.3 is 15.2 Å². The minimum Gasteiger partial charge on any atom is -0.467 e.